The van der Waals surface area contributed by atoms with Crippen molar-refractivity contribution in [1.82, 2.24) is 10.2 Å². The summed E-state index contributed by atoms with van der Waals surface area (Å²) in [6.07, 6.45) is 4.98. The first-order valence-corrected chi connectivity index (χ1v) is 8.34. The number of hydrogen-bond acceptors (Lipinski definition) is 4. The fourth-order valence-corrected chi connectivity index (χ4v) is 3.42. The van der Waals surface area contributed by atoms with E-state index >= 15 is 0 Å². The van der Waals surface area contributed by atoms with Crippen LogP contribution in [-0.4, -0.2) is 34.6 Å². The van der Waals surface area contributed by atoms with Gasteiger partial charge in [-0.3, -0.25) is 14.7 Å². The van der Waals surface area contributed by atoms with Crippen molar-refractivity contribution in [3.8, 4) is 11.1 Å². The number of amides is 2. The Morgan fingerprint density at radius 1 is 1.23 bits per heavy atom. The maximum atomic E-state index is 13.0. The molecule has 7 heteroatoms. The standard InChI is InChI=1S/C19H18N4O3/c1-12-11-22(19(25)18-4-3-7-26-18)17-8-14(15-9-20-21-10-15)5-6-16(17)23(12)13(2)24/h3-10,12H,11H2,1-2H3,(H,20,21)/t12-/m0/s1. The number of anilines is 2. The van der Waals surface area contributed by atoms with Crippen LogP contribution >= 0.6 is 0 Å². The molecule has 0 bridgehead atoms. The van der Waals surface area contributed by atoms with Crippen LogP contribution in [0.2, 0.25) is 0 Å². The van der Waals surface area contributed by atoms with Gasteiger partial charge < -0.3 is 14.2 Å². The lowest BCUT2D eigenvalue weighted by molar-refractivity contribution is -0.117. The smallest absolute Gasteiger partial charge is 0.294 e. The number of carbonyl (C=O) groups excluding carboxylic acids is 2. The molecule has 1 aliphatic heterocycles. The third kappa shape index (κ3) is 2.57. The van der Waals surface area contributed by atoms with Crippen LogP contribution in [0.15, 0.2) is 53.4 Å². The van der Waals surface area contributed by atoms with Crippen LogP contribution in [-0.2, 0) is 4.79 Å². The Balaban J connectivity index is 1.85. The Labute approximate surface area is 150 Å². The topological polar surface area (TPSA) is 82.4 Å². The largest absolute Gasteiger partial charge is 0.459 e. The third-order valence-electron chi connectivity index (χ3n) is 4.56. The van der Waals surface area contributed by atoms with Gasteiger partial charge in [-0.05, 0) is 36.8 Å². The molecule has 1 aromatic carbocycles. The predicted octanol–water partition coefficient (Wildman–Crippen LogP) is 3.07. The Kier molecular flexibility index (Phi) is 3.84. The van der Waals surface area contributed by atoms with Crippen LogP contribution in [0.25, 0.3) is 11.1 Å². The van der Waals surface area contributed by atoms with Gasteiger partial charge in [0.1, 0.15) is 0 Å². The molecular weight excluding hydrogens is 332 g/mol. The molecule has 7 nitrogen and oxygen atoms in total. The van der Waals surface area contributed by atoms with E-state index < -0.39 is 0 Å². The average molecular weight is 350 g/mol. The van der Waals surface area contributed by atoms with Crippen LogP contribution in [0.4, 0.5) is 11.4 Å². The number of benzene rings is 1. The summed E-state index contributed by atoms with van der Waals surface area (Å²) < 4.78 is 5.29. The molecule has 132 valence electrons. The summed E-state index contributed by atoms with van der Waals surface area (Å²) in [5, 5.41) is 6.76. The molecule has 26 heavy (non-hydrogen) atoms. The van der Waals surface area contributed by atoms with E-state index in [0.29, 0.717) is 17.9 Å². The third-order valence-corrected chi connectivity index (χ3v) is 4.56. The number of rotatable bonds is 2. The molecule has 4 rings (SSSR count). The van der Waals surface area contributed by atoms with Crippen molar-refractivity contribution in [3.05, 3.63) is 54.7 Å². The fraction of sp³-hybridized carbons (Fsp3) is 0.211. The van der Waals surface area contributed by atoms with Crippen molar-refractivity contribution in [2.24, 2.45) is 0 Å². The number of aromatic amines is 1. The highest BCUT2D eigenvalue weighted by molar-refractivity contribution is 6.10. The van der Waals surface area contributed by atoms with Gasteiger partial charge in [-0.25, -0.2) is 0 Å². The molecule has 0 saturated heterocycles. The number of carbonyl (C=O) groups is 2. The van der Waals surface area contributed by atoms with Crippen LogP contribution in [0.3, 0.4) is 0 Å². The Morgan fingerprint density at radius 3 is 2.73 bits per heavy atom. The first kappa shape index (κ1) is 16.1. The maximum absolute atomic E-state index is 13.0. The van der Waals surface area contributed by atoms with Crippen molar-refractivity contribution in [2.45, 2.75) is 19.9 Å². The van der Waals surface area contributed by atoms with E-state index in [9.17, 15) is 9.59 Å². The van der Waals surface area contributed by atoms with Crippen molar-refractivity contribution in [3.63, 3.8) is 0 Å². The van der Waals surface area contributed by atoms with E-state index in [2.05, 4.69) is 10.2 Å². The molecule has 0 aliphatic carbocycles. The number of nitrogens with zero attached hydrogens (tertiary/aromatic N) is 3. The molecule has 0 unspecified atom stereocenters. The highest BCUT2D eigenvalue weighted by atomic mass is 16.3. The minimum atomic E-state index is -0.226. The van der Waals surface area contributed by atoms with Crippen molar-refractivity contribution in [2.75, 3.05) is 16.3 Å². The molecule has 0 fully saturated rings. The van der Waals surface area contributed by atoms with E-state index in [0.717, 1.165) is 11.1 Å². The summed E-state index contributed by atoms with van der Waals surface area (Å²) in [6, 6.07) is 8.89. The molecule has 2 amide bonds. The Hall–Kier alpha value is -3.35. The Bertz CT molecular complexity index is 947. The lowest BCUT2D eigenvalue weighted by atomic mass is 10.0. The lowest BCUT2D eigenvalue weighted by Crippen LogP contribution is -2.51. The zero-order chi connectivity index (χ0) is 18.3. The molecule has 3 aromatic rings. The summed E-state index contributed by atoms with van der Waals surface area (Å²) in [4.78, 5) is 28.5. The Morgan fingerprint density at radius 2 is 2.08 bits per heavy atom. The van der Waals surface area contributed by atoms with Gasteiger partial charge in [-0.15, -0.1) is 0 Å². The van der Waals surface area contributed by atoms with Crippen LogP contribution < -0.4 is 9.80 Å². The highest BCUT2D eigenvalue weighted by Gasteiger charge is 2.34. The molecule has 0 radical (unpaired) electrons. The van der Waals surface area contributed by atoms with E-state index in [1.54, 1.807) is 34.3 Å². The average Bonchev–Trinajstić information content (AvgIpc) is 3.33. The molecule has 1 aliphatic rings. The van der Waals surface area contributed by atoms with Gasteiger partial charge in [0.25, 0.3) is 5.91 Å². The maximum Gasteiger partial charge on any atom is 0.294 e. The van der Waals surface area contributed by atoms with Crippen molar-refractivity contribution < 1.29 is 14.0 Å². The molecule has 2 aromatic heterocycles. The zero-order valence-corrected chi connectivity index (χ0v) is 14.5. The molecule has 0 spiro atoms. The SMILES string of the molecule is CC(=O)N1c2ccc(-c3cn[nH]c3)cc2N(C(=O)c2ccco2)C[C@@H]1C. The second-order valence-corrected chi connectivity index (χ2v) is 6.32. The van der Waals surface area contributed by atoms with Crippen LogP contribution in [0.1, 0.15) is 24.4 Å². The molecule has 0 saturated carbocycles. The van der Waals surface area contributed by atoms with Gasteiger partial charge in [0.2, 0.25) is 5.91 Å². The van der Waals surface area contributed by atoms with Gasteiger partial charge in [0.05, 0.1) is 29.9 Å². The quantitative estimate of drug-likeness (QED) is 0.770. The number of furan rings is 1. The van der Waals surface area contributed by atoms with E-state index in [4.69, 9.17) is 4.42 Å². The molecule has 3 heterocycles. The van der Waals surface area contributed by atoms with E-state index in [1.165, 1.54) is 13.2 Å². The van der Waals surface area contributed by atoms with Crippen molar-refractivity contribution in [1.29, 1.82) is 0 Å². The van der Waals surface area contributed by atoms with Gasteiger partial charge in [-0.1, -0.05) is 6.07 Å². The summed E-state index contributed by atoms with van der Waals surface area (Å²) in [6.45, 7) is 3.85. The minimum Gasteiger partial charge on any atom is -0.459 e. The molecule has 1 atom stereocenters. The minimum absolute atomic E-state index is 0.0556. The predicted molar refractivity (Wildman–Crippen MR) is 97.0 cm³/mol. The first-order valence-electron chi connectivity index (χ1n) is 8.34. The summed E-state index contributed by atoms with van der Waals surface area (Å²) in [5.74, 6) is -0.0105. The zero-order valence-electron chi connectivity index (χ0n) is 14.5. The summed E-state index contributed by atoms with van der Waals surface area (Å²) in [5.41, 5.74) is 3.21. The number of H-pyrrole nitrogens is 1. The highest BCUT2D eigenvalue weighted by Crippen LogP contribution is 2.39. The number of nitrogens with one attached hydrogen (secondary N) is 1. The summed E-state index contributed by atoms with van der Waals surface area (Å²) in [7, 11) is 0. The van der Waals surface area contributed by atoms with Gasteiger partial charge in [-0.2, -0.15) is 5.10 Å². The van der Waals surface area contributed by atoms with E-state index in [-0.39, 0.29) is 23.6 Å². The number of fused-ring (bicyclic) bond motifs is 1. The summed E-state index contributed by atoms with van der Waals surface area (Å²) >= 11 is 0. The second kappa shape index (κ2) is 6.18. The van der Waals surface area contributed by atoms with Crippen LogP contribution in [0.5, 0.6) is 0 Å². The van der Waals surface area contributed by atoms with Gasteiger partial charge in [0, 0.05) is 25.2 Å². The second-order valence-electron chi connectivity index (χ2n) is 6.32. The molecular formula is C19H18N4O3. The molecule has 1 N–H and O–H groups in total. The number of hydrogen-bond donors (Lipinski definition) is 1. The lowest BCUT2D eigenvalue weighted by Gasteiger charge is -2.40. The van der Waals surface area contributed by atoms with Gasteiger partial charge in [0.15, 0.2) is 5.76 Å². The van der Waals surface area contributed by atoms with Crippen molar-refractivity contribution >= 4 is 23.2 Å². The van der Waals surface area contributed by atoms with Gasteiger partial charge >= 0.3 is 0 Å². The monoisotopic (exact) mass is 350 g/mol. The van der Waals surface area contributed by atoms with Crippen LogP contribution in [0, 0.1) is 0 Å². The number of aromatic nitrogens is 2. The normalized spacial score (nSPS) is 16.5. The van der Waals surface area contributed by atoms with E-state index in [1.807, 2.05) is 25.1 Å². The fourth-order valence-electron chi connectivity index (χ4n) is 3.42. The first-order chi connectivity index (χ1) is 12.6.